The van der Waals surface area contributed by atoms with Gasteiger partial charge in [-0.1, -0.05) is 91.0 Å². The van der Waals surface area contributed by atoms with Crippen molar-refractivity contribution in [2.75, 3.05) is 62.2 Å². The highest BCUT2D eigenvalue weighted by Gasteiger charge is 2.31. The predicted molar refractivity (Wildman–Crippen MR) is 186 cm³/mol. The molecule has 2 aliphatic rings. The van der Waals surface area contributed by atoms with Crippen LogP contribution in [0.2, 0.25) is 0 Å². The van der Waals surface area contributed by atoms with E-state index in [0.29, 0.717) is 56.2 Å². The summed E-state index contributed by atoms with van der Waals surface area (Å²) in [6.07, 6.45) is 3.00. The molecule has 4 aromatic carbocycles. The van der Waals surface area contributed by atoms with Gasteiger partial charge in [0.1, 0.15) is 0 Å². The van der Waals surface area contributed by atoms with Crippen LogP contribution in [0.5, 0.6) is 0 Å². The Hall–Kier alpha value is -5.25. The Bertz CT molecular complexity index is 1660. The number of hydrogen-bond donors (Lipinski definition) is 2. The minimum absolute atomic E-state index is 0.0878. The first-order chi connectivity index (χ1) is 23.0. The molecule has 47 heavy (non-hydrogen) atoms. The molecule has 2 heterocycles. The van der Waals surface area contributed by atoms with E-state index in [-0.39, 0.29) is 11.9 Å². The Labute approximate surface area is 275 Å². The molecular formula is C38H40N6O3. The zero-order valence-electron chi connectivity index (χ0n) is 26.4. The molecule has 0 unspecified atom stereocenters. The number of imide groups is 1. The van der Waals surface area contributed by atoms with Crippen LogP contribution in [0.1, 0.15) is 33.1 Å². The molecule has 2 saturated heterocycles. The minimum atomic E-state index is -0.910. The Balaban J connectivity index is 1.31. The van der Waals surface area contributed by atoms with Gasteiger partial charge in [-0.05, 0) is 41.0 Å². The van der Waals surface area contributed by atoms with Crippen molar-refractivity contribution in [3.63, 3.8) is 0 Å². The maximum atomic E-state index is 13.6. The van der Waals surface area contributed by atoms with E-state index in [0.717, 1.165) is 23.6 Å². The fourth-order valence-corrected chi connectivity index (χ4v) is 6.41. The van der Waals surface area contributed by atoms with Crippen molar-refractivity contribution in [2.24, 2.45) is 5.73 Å². The van der Waals surface area contributed by atoms with Gasteiger partial charge < -0.3 is 20.9 Å². The predicted octanol–water partition coefficient (Wildman–Crippen LogP) is 4.77. The van der Waals surface area contributed by atoms with E-state index < -0.39 is 11.9 Å². The van der Waals surface area contributed by atoms with Gasteiger partial charge in [0, 0.05) is 64.0 Å². The van der Waals surface area contributed by atoms with Crippen LogP contribution in [0.15, 0.2) is 115 Å². The number of benzene rings is 4. The second kappa shape index (κ2) is 14.9. The lowest BCUT2D eigenvalue weighted by molar-refractivity contribution is -0.113. The normalized spacial score (nSPS) is 15.6. The third kappa shape index (κ3) is 7.43. The van der Waals surface area contributed by atoms with Crippen LogP contribution in [0.3, 0.4) is 0 Å². The van der Waals surface area contributed by atoms with E-state index in [1.54, 1.807) is 23.1 Å². The Morgan fingerprint density at radius 1 is 0.723 bits per heavy atom. The Morgan fingerprint density at radius 3 is 1.87 bits per heavy atom. The summed E-state index contributed by atoms with van der Waals surface area (Å²) in [5, 5.41) is 3.27. The van der Waals surface area contributed by atoms with Gasteiger partial charge in [0.2, 0.25) is 0 Å². The first kappa shape index (κ1) is 31.7. The van der Waals surface area contributed by atoms with Gasteiger partial charge in [-0.15, -0.1) is 0 Å². The molecule has 2 fully saturated rings. The number of carbonyl (C=O) groups is 3. The number of nitrogens with one attached hydrogen (secondary N) is 1. The number of piperazine rings is 2. The number of urea groups is 1. The van der Waals surface area contributed by atoms with Crippen molar-refractivity contribution in [3.8, 4) is 0 Å². The summed E-state index contributed by atoms with van der Waals surface area (Å²) in [6.45, 7) is 5.37. The Morgan fingerprint density at radius 2 is 1.30 bits per heavy atom. The molecule has 6 rings (SSSR count). The van der Waals surface area contributed by atoms with E-state index >= 15 is 0 Å². The van der Waals surface area contributed by atoms with Gasteiger partial charge in [0.25, 0.3) is 11.8 Å². The average molecular weight is 629 g/mol. The van der Waals surface area contributed by atoms with Crippen molar-refractivity contribution in [2.45, 2.75) is 6.04 Å². The van der Waals surface area contributed by atoms with Gasteiger partial charge in [-0.2, -0.15) is 0 Å². The summed E-state index contributed by atoms with van der Waals surface area (Å²) < 4.78 is 0. The summed E-state index contributed by atoms with van der Waals surface area (Å²) in [7, 11) is 0. The zero-order chi connectivity index (χ0) is 32.6. The van der Waals surface area contributed by atoms with Crippen molar-refractivity contribution in [1.82, 2.24) is 15.1 Å². The summed E-state index contributed by atoms with van der Waals surface area (Å²) in [4.78, 5) is 47.6. The van der Waals surface area contributed by atoms with E-state index in [1.165, 1.54) is 17.2 Å². The van der Waals surface area contributed by atoms with Gasteiger partial charge >= 0.3 is 6.03 Å². The molecule has 9 nitrogen and oxygen atoms in total. The molecule has 0 saturated carbocycles. The molecule has 4 aromatic rings. The van der Waals surface area contributed by atoms with E-state index in [9.17, 15) is 14.4 Å². The van der Waals surface area contributed by atoms with Crippen molar-refractivity contribution in [1.29, 1.82) is 0 Å². The van der Waals surface area contributed by atoms with Gasteiger partial charge in [0.15, 0.2) is 0 Å². The molecule has 0 aromatic heterocycles. The standard InChI is InChI=1S/C38H40N6O3/c39-38(47)44(35(45)19-16-29-10-4-1-5-11-29)34-28-32(37(46)43-22-20-40-21-23-43)17-18-33(34)41-24-26-42(27-25-41)36(30-12-6-2-7-13-30)31-14-8-3-9-15-31/h1-19,28,36,40H,20-27H2,(H2,39,47)/b19-16+. The lowest BCUT2D eigenvalue weighted by atomic mass is 9.96. The number of nitrogens with two attached hydrogens (primary N) is 1. The highest BCUT2D eigenvalue weighted by Crippen LogP contribution is 2.35. The number of amides is 4. The number of anilines is 2. The summed E-state index contributed by atoms with van der Waals surface area (Å²) >= 11 is 0. The largest absolute Gasteiger partial charge is 0.367 e. The lowest BCUT2D eigenvalue weighted by Gasteiger charge is -2.41. The van der Waals surface area contributed by atoms with Crippen LogP contribution >= 0.6 is 0 Å². The topological polar surface area (TPSA) is 102 Å². The van der Waals surface area contributed by atoms with Crippen LogP contribution in [0.25, 0.3) is 6.08 Å². The second-order valence-electron chi connectivity index (χ2n) is 11.7. The maximum absolute atomic E-state index is 13.6. The molecule has 0 aliphatic carbocycles. The van der Waals surface area contributed by atoms with Crippen LogP contribution in [0, 0.1) is 0 Å². The molecule has 0 atom stereocenters. The van der Waals surface area contributed by atoms with Crippen molar-refractivity contribution in [3.05, 3.63) is 138 Å². The molecule has 2 aliphatic heterocycles. The zero-order valence-corrected chi connectivity index (χ0v) is 26.4. The molecule has 240 valence electrons. The number of rotatable bonds is 8. The molecule has 9 heteroatoms. The molecule has 3 N–H and O–H groups in total. The third-order valence-corrected chi connectivity index (χ3v) is 8.78. The SMILES string of the molecule is NC(=O)N(C(=O)/C=C/c1ccccc1)c1cc(C(=O)N2CCNCC2)ccc1N1CCN(C(c2ccccc2)c2ccccc2)CC1. The highest BCUT2D eigenvalue weighted by atomic mass is 16.2. The van der Waals surface area contributed by atoms with Gasteiger partial charge in [-0.25, -0.2) is 9.69 Å². The number of hydrogen-bond acceptors (Lipinski definition) is 6. The van der Waals surface area contributed by atoms with E-state index in [4.69, 9.17) is 5.73 Å². The van der Waals surface area contributed by atoms with E-state index in [1.807, 2.05) is 48.5 Å². The van der Waals surface area contributed by atoms with Crippen molar-refractivity contribution >= 4 is 35.3 Å². The molecule has 0 radical (unpaired) electrons. The molecule has 0 spiro atoms. The Kier molecular flexibility index (Phi) is 10.1. The van der Waals surface area contributed by atoms with Crippen LogP contribution in [-0.4, -0.2) is 80.0 Å². The fourth-order valence-electron chi connectivity index (χ4n) is 6.41. The highest BCUT2D eigenvalue weighted by molar-refractivity contribution is 6.20. The van der Waals surface area contributed by atoms with Gasteiger partial charge in [0.05, 0.1) is 17.4 Å². The summed E-state index contributed by atoms with van der Waals surface area (Å²) in [5.74, 6) is -0.726. The van der Waals surface area contributed by atoms with Crippen LogP contribution < -0.4 is 20.9 Å². The monoisotopic (exact) mass is 628 g/mol. The quantitative estimate of drug-likeness (QED) is 0.273. The van der Waals surface area contributed by atoms with Gasteiger partial charge in [-0.3, -0.25) is 14.5 Å². The smallest absolute Gasteiger partial charge is 0.326 e. The fraction of sp³-hybridized carbons (Fsp3) is 0.237. The van der Waals surface area contributed by atoms with Crippen molar-refractivity contribution < 1.29 is 14.4 Å². The molecule has 4 amide bonds. The second-order valence-corrected chi connectivity index (χ2v) is 11.7. The number of primary amides is 1. The molecular weight excluding hydrogens is 588 g/mol. The summed E-state index contributed by atoms with van der Waals surface area (Å²) in [5.41, 5.74) is 10.5. The van der Waals surface area contributed by atoms with E-state index in [2.05, 4.69) is 63.6 Å². The minimum Gasteiger partial charge on any atom is -0.367 e. The third-order valence-electron chi connectivity index (χ3n) is 8.78. The van der Waals surface area contributed by atoms with Crippen LogP contribution in [-0.2, 0) is 4.79 Å². The maximum Gasteiger partial charge on any atom is 0.326 e. The number of nitrogens with zero attached hydrogens (tertiary/aromatic N) is 4. The average Bonchev–Trinajstić information content (AvgIpc) is 3.12. The lowest BCUT2D eigenvalue weighted by Crippen LogP contribution is -2.49. The number of carbonyl (C=O) groups excluding carboxylic acids is 3. The first-order valence-electron chi connectivity index (χ1n) is 16.1. The molecule has 0 bridgehead atoms. The van der Waals surface area contributed by atoms with Crippen LogP contribution in [0.4, 0.5) is 16.2 Å². The first-order valence-corrected chi connectivity index (χ1v) is 16.1. The summed E-state index contributed by atoms with van der Waals surface area (Å²) in [6, 6.07) is 34.8.